The van der Waals surface area contributed by atoms with Crippen LogP contribution in [0.4, 0.5) is 23.7 Å². The SMILES string of the molecule is COC(=O)C1=C(CN2CCN3C(=O)N(c4ccc(Oc5ccc(C(=O)OC)cc5F)cc4F)C[C@@H]3C2)NC(c2nccs2)=N[C@H]1c1ccc(F)cc1Cl. The molecule has 2 saturated heterocycles. The maximum atomic E-state index is 15.5. The fraction of sp³-hybridized carbons (Fsp3) is 0.250. The summed E-state index contributed by atoms with van der Waals surface area (Å²) in [6, 6.07) is 9.63. The van der Waals surface area contributed by atoms with Gasteiger partial charge in [0, 0.05) is 66.7 Å². The molecule has 53 heavy (non-hydrogen) atoms. The minimum atomic E-state index is -0.929. The van der Waals surface area contributed by atoms with E-state index in [1.807, 2.05) is 0 Å². The predicted octanol–water partition coefficient (Wildman–Crippen LogP) is 5.94. The molecule has 2 amide bonds. The molecule has 4 heterocycles. The number of aromatic nitrogens is 1. The van der Waals surface area contributed by atoms with E-state index in [9.17, 15) is 23.2 Å². The standard InChI is InChI=1S/C36H30ClF3N6O6S/c1-50-34(47)19-3-8-29(26(40)13-19)52-22-5-7-28(25(39)15-22)46-17-21-16-44(10-11-45(21)36(46)49)18-27-30(35(48)51-2)31(23-6-4-20(38)14-24(23)37)43-32(42-27)33-41-9-12-53-33/h3-9,12-15,21,31H,10-11,16-18H2,1-2H3,(H,42,43)/t21-,31-/m0/s1. The number of fused-ring (bicyclic) bond motifs is 1. The Morgan fingerprint density at radius 3 is 2.49 bits per heavy atom. The molecular weight excluding hydrogens is 737 g/mol. The molecule has 3 aliphatic rings. The van der Waals surface area contributed by atoms with E-state index in [-0.39, 0.29) is 58.5 Å². The van der Waals surface area contributed by atoms with Crippen molar-refractivity contribution in [3.63, 3.8) is 0 Å². The number of hydrogen-bond donors (Lipinski definition) is 1. The lowest BCUT2D eigenvalue weighted by atomic mass is 9.95. The highest BCUT2D eigenvalue weighted by Crippen LogP contribution is 2.38. The summed E-state index contributed by atoms with van der Waals surface area (Å²) in [6.07, 6.45) is 1.63. The summed E-state index contributed by atoms with van der Waals surface area (Å²) >= 11 is 7.82. The molecule has 17 heteroatoms. The molecule has 0 unspecified atom stereocenters. The number of hydrogen-bond acceptors (Lipinski definition) is 11. The first-order valence-electron chi connectivity index (χ1n) is 16.2. The number of esters is 2. The van der Waals surface area contributed by atoms with E-state index in [1.54, 1.807) is 16.5 Å². The van der Waals surface area contributed by atoms with Crippen LogP contribution in [0.2, 0.25) is 5.02 Å². The third-order valence-electron chi connectivity index (χ3n) is 9.03. The molecular formula is C36H30ClF3N6O6S. The number of anilines is 1. The highest BCUT2D eigenvalue weighted by atomic mass is 35.5. The number of carbonyl (C=O) groups is 3. The van der Waals surface area contributed by atoms with Gasteiger partial charge in [-0.3, -0.25) is 14.8 Å². The number of methoxy groups -OCH3 is 2. The summed E-state index contributed by atoms with van der Waals surface area (Å²) in [5.74, 6) is -3.34. The summed E-state index contributed by atoms with van der Waals surface area (Å²) in [5, 5.41) is 5.71. The Labute approximate surface area is 310 Å². The van der Waals surface area contributed by atoms with Gasteiger partial charge in [0.2, 0.25) is 0 Å². The molecule has 0 saturated carbocycles. The minimum absolute atomic E-state index is 0.00882. The highest BCUT2D eigenvalue weighted by Gasteiger charge is 2.43. The number of piperazine rings is 1. The normalized spacial score (nSPS) is 18.8. The number of halogens is 4. The topological polar surface area (TPSA) is 126 Å². The Morgan fingerprint density at radius 2 is 1.79 bits per heavy atom. The number of carbonyl (C=O) groups excluding carboxylic acids is 3. The van der Waals surface area contributed by atoms with Crippen molar-refractivity contribution < 1.29 is 41.8 Å². The number of amidine groups is 1. The number of aliphatic imine (C=N–C) groups is 1. The van der Waals surface area contributed by atoms with Crippen LogP contribution in [0.5, 0.6) is 11.5 Å². The molecule has 0 spiro atoms. The molecule has 0 radical (unpaired) electrons. The van der Waals surface area contributed by atoms with Crippen molar-refractivity contribution in [1.82, 2.24) is 20.1 Å². The van der Waals surface area contributed by atoms with Gasteiger partial charge in [0.25, 0.3) is 0 Å². The summed E-state index contributed by atoms with van der Waals surface area (Å²) in [5.41, 5.74) is 1.10. The van der Waals surface area contributed by atoms with Crippen molar-refractivity contribution in [3.8, 4) is 11.5 Å². The number of thiazole rings is 1. The summed E-state index contributed by atoms with van der Waals surface area (Å²) in [4.78, 5) is 52.8. The number of benzene rings is 3. The van der Waals surface area contributed by atoms with Crippen LogP contribution in [0.1, 0.15) is 27.0 Å². The van der Waals surface area contributed by atoms with Gasteiger partial charge in [-0.05, 0) is 42.5 Å². The van der Waals surface area contributed by atoms with Crippen LogP contribution in [0.25, 0.3) is 0 Å². The molecule has 12 nitrogen and oxygen atoms in total. The lowest BCUT2D eigenvalue weighted by Crippen LogP contribution is -2.53. The van der Waals surface area contributed by atoms with Crippen molar-refractivity contribution in [3.05, 3.63) is 116 Å². The Bertz CT molecular complexity index is 2170. The van der Waals surface area contributed by atoms with Crippen molar-refractivity contribution in [1.29, 1.82) is 0 Å². The van der Waals surface area contributed by atoms with Gasteiger partial charge in [-0.1, -0.05) is 17.7 Å². The van der Waals surface area contributed by atoms with Gasteiger partial charge in [-0.2, -0.15) is 0 Å². The third kappa shape index (κ3) is 7.17. The van der Waals surface area contributed by atoms with E-state index in [1.165, 1.54) is 66.9 Å². The number of nitrogens with one attached hydrogen (secondary N) is 1. The van der Waals surface area contributed by atoms with Gasteiger partial charge in [-0.15, -0.1) is 11.3 Å². The lowest BCUT2D eigenvalue weighted by molar-refractivity contribution is -0.136. The molecule has 2 fully saturated rings. The Kier molecular flexibility index (Phi) is 10.1. The zero-order valence-electron chi connectivity index (χ0n) is 28.1. The second-order valence-electron chi connectivity index (χ2n) is 12.2. The van der Waals surface area contributed by atoms with Crippen molar-refractivity contribution in [2.45, 2.75) is 12.1 Å². The lowest BCUT2D eigenvalue weighted by Gasteiger charge is -2.38. The minimum Gasteiger partial charge on any atom is -0.466 e. The monoisotopic (exact) mass is 766 g/mol. The molecule has 2 atom stereocenters. The smallest absolute Gasteiger partial charge is 0.338 e. The van der Waals surface area contributed by atoms with Crippen molar-refractivity contribution >= 4 is 52.4 Å². The van der Waals surface area contributed by atoms with Crippen LogP contribution in [-0.4, -0.2) is 91.6 Å². The number of ether oxygens (including phenoxy) is 3. The zero-order chi connectivity index (χ0) is 37.4. The molecule has 1 aromatic heterocycles. The fourth-order valence-corrected chi connectivity index (χ4v) is 7.39. The summed E-state index contributed by atoms with van der Waals surface area (Å²) < 4.78 is 59.5. The van der Waals surface area contributed by atoms with Crippen LogP contribution in [0.3, 0.4) is 0 Å². The maximum Gasteiger partial charge on any atom is 0.338 e. The van der Waals surface area contributed by atoms with E-state index in [0.717, 1.165) is 18.2 Å². The maximum absolute atomic E-state index is 15.5. The molecule has 274 valence electrons. The van der Waals surface area contributed by atoms with Crippen molar-refractivity contribution in [2.24, 2.45) is 4.99 Å². The zero-order valence-corrected chi connectivity index (χ0v) is 29.7. The second kappa shape index (κ2) is 14.9. The summed E-state index contributed by atoms with van der Waals surface area (Å²) in [7, 11) is 2.43. The Hall–Kier alpha value is -5.45. The van der Waals surface area contributed by atoms with Gasteiger partial charge in [-0.25, -0.2) is 32.5 Å². The second-order valence-corrected chi connectivity index (χ2v) is 13.5. The van der Waals surface area contributed by atoms with E-state index in [4.69, 9.17) is 26.1 Å². The van der Waals surface area contributed by atoms with Crippen LogP contribution in [0.15, 0.2) is 82.4 Å². The first kappa shape index (κ1) is 35.9. The fourth-order valence-electron chi connectivity index (χ4n) is 6.53. The van der Waals surface area contributed by atoms with Gasteiger partial charge in [0.1, 0.15) is 17.6 Å². The number of rotatable bonds is 9. The van der Waals surface area contributed by atoms with Gasteiger partial charge in [0.05, 0.1) is 37.1 Å². The quantitative estimate of drug-likeness (QED) is 0.206. The molecule has 7 rings (SSSR count). The first-order valence-corrected chi connectivity index (χ1v) is 17.5. The highest BCUT2D eigenvalue weighted by molar-refractivity contribution is 7.11. The number of urea groups is 1. The first-order chi connectivity index (χ1) is 25.5. The molecule has 0 aliphatic carbocycles. The molecule has 4 aromatic rings. The van der Waals surface area contributed by atoms with Crippen LogP contribution >= 0.6 is 22.9 Å². The van der Waals surface area contributed by atoms with Gasteiger partial charge in [0.15, 0.2) is 28.2 Å². The van der Waals surface area contributed by atoms with Crippen LogP contribution in [0, 0.1) is 17.5 Å². The molecule has 3 aromatic carbocycles. The Morgan fingerprint density at radius 1 is 0.981 bits per heavy atom. The molecule has 0 bridgehead atoms. The number of amides is 2. The average Bonchev–Trinajstić information content (AvgIpc) is 3.80. The van der Waals surface area contributed by atoms with E-state index >= 15 is 4.39 Å². The third-order valence-corrected chi connectivity index (χ3v) is 10.1. The van der Waals surface area contributed by atoms with Gasteiger partial charge < -0.3 is 24.4 Å². The summed E-state index contributed by atoms with van der Waals surface area (Å²) in [6.45, 7) is 1.53. The average molecular weight is 767 g/mol. The van der Waals surface area contributed by atoms with E-state index in [0.29, 0.717) is 41.7 Å². The van der Waals surface area contributed by atoms with E-state index < -0.39 is 35.4 Å². The predicted molar refractivity (Wildman–Crippen MR) is 189 cm³/mol. The Balaban J connectivity index is 1.10. The largest absolute Gasteiger partial charge is 0.466 e. The van der Waals surface area contributed by atoms with Gasteiger partial charge >= 0.3 is 18.0 Å². The molecule has 3 aliphatic heterocycles. The van der Waals surface area contributed by atoms with E-state index in [2.05, 4.69) is 19.9 Å². The number of nitrogens with zero attached hydrogens (tertiary/aromatic N) is 5. The van der Waals surface area contributed by atoms with Crippen LogP contribution in [-0.2, 0) is 14.3 Å². The van der Waals surface area contributed by atoms with Crippen LogP contribution < -0.4 is 15.0 Å². The molecule has 1 N–H and O–H groups in total. The van der Waals surface area contributed by atoms with Crippen molar-refractivity contribution in [2.75, 3.05) is 51.8 Å².